The highest BCUT2D eigenvalue weighted by Gasteiger charge is 2.16. The Balaban J connectivity index is 0.00000220. The summed E-state index contributed by atoms with van der Waals surface area (Å²) in [5.74, 6) is -0.794. The zero-order valence-electron chi connectivity index (χ0n) is 12.0. The summed E-state index contributed by atoms with van der Waals surface area (Å²) < 4.78 is 1.72. The van der Waals surface area contributed by atoms with Crippen LogP contribution in [-0.2, 0) is 4.79 Å². The lowest BCUT2D eigenvalue weighted by Crippen LogP contribution is -2.25. The molecule has 0 aliphatic heterocycles. The molecule has 0 aliphatic carbocycles. The Bertz CT molecular complexity index is 573. The van der Waals surface area contributed by atoms with E-state index in [1.807, 2.05) is 55.4 Å². The van der Waals surface area contributed by atoms with Gasteiger partial charge >= 0.3 is 5.97 Å². The fraction of sp³-hybridized carbons (Fsp3) is 0.357. The van der Waals surface area contributed by atoms with Crippen LogP contribution in [0.3, 0.4) is 0 Å². The fourth-order valence-electron chi connectivity index (χ4n) is 1.87. The molecule has 0 amide bonds. The lowest BCUT2D eigenvalue weighted by Gasteiger charge is -2.21. The molecule has 21 heavy (non-hydrogen) atoms. The molecule has 0 fully saturated rings. The smallest absolute Gasteiger partial charge is 0.304 e. The number of nitrogens with zero attached hydrogens (tertiary/aromatic N) is 4. The monoisotopic (exact) mass is 310 g/mol. The molecule has 114 valence electrons. The van der Waals surface area contributed by atoms with E-state index in [0.29, 0.717) is 6.54 Å². The van der Waals surface area contributed by atoms with E-state index in [2.05, 4.69) is 10.3 Å². The number of carboxylic acid groups (broad SMARTS) is 1. The molecular formula is C14H19ClN4O2. The summed E-state index contributed by atoms with van der Waals surface area (Å²) in [5, 5.41) is 17.0. The minimum absolute atomic E-state index is 0. The first-order valence-corrected chi connectivity index (χ1v) is 6.47. The third-order valence-corrected chi connectivity index (χ3v) is 3.30. The topological polar surface area (TPSA) is 71.2 Å². The van der Waals surface area contributed by atoms with E-state index in [9.17, 15) is 4.79 Å². The van der Waals surface area contributed by atoms with Gasteiger partial charge in [0, 0.05) is 6.54 Å². The highest BCUT2D eigenvalue weighted by molar-refractivity contribution is 5.85. The third-order valence-electron chi connectivity index (χ3n) is 3.30. The largest absolute Gasteiger partial charge is 0.481 e. The zero-order valence-corrected chi connectivity index (χ0v) is 12.8. The Labute approximate surface area is 129 Å². The molecule has 1 aromatic heterocycles. The average Bonchev–Trinajstić information content (AvgIpc) is 2.94. The quantitative estimate of drug-likeness (QED) is 0.885. The second-order valence-corrected chi connectivity index (χ2v) is 4.72. The molecular weight excluding hydrogens is 292 g/mol. The molecule has 6 nitrogen and oxygen atoms in total. The van der Waals surface area contributed by atoms with Gasteiger partial charge in [0.15, 0.2) is 0 Å². The molecule has 1 atom stereocenters. The summed E-state index contributed by atoms with van der Waals surface area (Å²) in [6.07, 6.45) is 1.99. The first-order valence-electron chi connectivity index (χ1n) is 6.47. The van der Waals surface area contributed by atoms with E-state index >= 15 is 0 Å². The maximum atomic E-state index is 10.6. The van der Waals surface area contributed by atoms with Crippen molar-refractivity contribution >= 4 is 18.4 Å². The first-order chi connectivity index (χ1) is 9.58. The van der Waals surface area contributed by atoms with Gasteiger partial charge in [-0.3, -0.25) is 9.69 Å². The van der Waals surface area contributed by atoms with E-state index in [1.54, 1.807) is 4.68 Å². The second-order valence-electron chi connectivity index (χ2n) is 4.72. The summed E-state index contributed by atoms with van der Waals surface area (Å²) in [7, 11) is 1.88. The number of carbonyl (C=O) groups is 1. The van der Waals surface area contributed by atoms with Crippen molar-refractivity contribution in [1.29, 1.82) is 0 Å². The van der Waals surface area contributed by atoms with Crippen LogP contribution in [0.1, 0.15) is 25.1 Å². The Morgan fingerprint density at radius 3 is 2.67 bits per heavy atom. The Hall–Kier alpha value is -1.92. The van der Waals surface area contributed by atoms with Crippen molar-refractivity contribution in [2.45, 2.75) is 19.4 Å². The maximum absolute atomic E-state index is 10.6. The van der Waals surface area contributed by atoms with Crippen molar-refractivity contribution in [2.75, 3.05) is 13.6 Å². The first kappa shape index (κ1) is 17.1. The van der Waals surface area contributed by atoms with Gasteiger partial charge < -0.3 is 5.11 Å². The Kier molecular flexibility index (Phi) is 6.33. The third kappa shape index (κ3) is 4.54. The predicted molar refractivity (Wildman–Crippen MR) is 81.9 cm³/mol. The van der Waals surface area contributed by atoms with Crippen LogP contribution in [0.15, 0.2) is 36.5 Å². The minimum Gasteiger partial charge on any atom is -0.481 e. The number of hydrogen-bond donors (Lipinski definition) is 1. The molecule has 0 saturated carbocycles. The highest BCUT2D eigenvalue weighted by atomic mass is 35.5. The number of aromatic nitrogens is 3. The van der Waals surface area contributed by atoms with Crippen LogP contribution in [0.2, 0.25) is 0 Å². The van der Waals surface area contributed by atoms with Crippen LogP contribution in [0, 0.1) is 0 Å². The van der Waals surface area contributed by atoms with Crippen molar-refractivity contribution in [3.05, 3.63) is 42.2 Å². The van der Waals surface area contributed by atoms with E-state index in [4.69, 9.17) is 5.11 Å². The van der Waals surface area contributed by atoms with Gasteiger partial charge in [-0.25, -0.2) is 4.68 Å². The normalized spacial score (nSPS) is 12.0. The molecule has 1 unspecified atom stereocenters. The van der Waals surface area contributed by atoms with Crippen LogP contribution in [-0.4, -0.2) is 44.6 Å². The molecule has 1 heterocycles. The molecule has 0 spiro atoms. The van der Waals surface area contributed by atoms with Crippen molar-refractivity contribution in [2.24, 2.45) is 0 Å². The van der Waals surface area contributed by atoms with E-state index in [-0.39, 0.29) is 24.9 Å². The van der Waals surface area contributed by atoms with Gasteiger partial charge in [0.25, 0.3) is 0 Å². The van der Waals surface area contributed by atoms with E-state index in [0.717, 1.165) is 11.4 Å². The minimum atomic E-state index is -0.794. The lowest BCUT2D eigenvalue weighted by atomic mass is 10.2. The Morgan fingerprint density at radius 2 is 2.05 bits per heavy atom. The van der Waals surface area contributed by atoms with Crippen LogP contribution >= 0.6 is 12.4 Å². The molecule has 1 N–H and O–H groups in total. The van der Waals surface area contributed by atoms with Gasteiger partial charge in [-0.2, -0.15) is 0 Å². The highest BCUT2D eigenvalue weighted by Crippen LogP contribution is 2.17. The molecule has 0 saturated heterocycles. The molecule has 0 radical (unpaired) electrons. The van der Waals surface area contributed by atoms with Crippen LogP contribution in [0.4, 0.5) is 0 Å². The van der Waals surface area contributed by atoms with Crippen molar-refractivity contribution < 1.29 is 9.90 Å². The Morgan fingerprint density at radius 1 is 1.38 bits per heavy atom. The molecule has 7 heteroatoms. The molecule has 2 aromatic rings. The van der Waals surface area contributed by atoms with Gasteiger partial charge in [-0.05, 0) is 26.1 Å². The number of hydrogen-bond acceptors (Lipinski definition) is 4. The number of benzene rings is 1. The lowest BCUT2D eigenvalue weighted by molar-refractivity contribution is -0.137. The SMILES string of the molecule is CC(c1cn(-c2ccccc2)nn1)N(C)CCC(=O)O.Cl. The molecule has 2 rings (SSSR count). The van der Waals surface area contributed by atoms with Gasteiger partial charge in [0.2, 0.25) is 0 Å². The number of carboxylic acids is 1. The molecule has 0 aliphatic rings. The van der Waals surface area contributed by atoms with E-state index in [1.165, 1.54) is 0 Å². The second kappa shape index (κ2) is 7.75. The number of halogens is 1. The number of rotatable bonds is 6. The van der Waals surface area contributed by atoms with Gasteiger partial charge in [0.1, 0.15) is 0 Å². The predicted octanol–water partition coefficient (Wildman–Crippen LogP) is 2.16. The fourth-order valence-corrected chi connectivity index (χ4v) is 1.87. The van der Waals surface area contributed by atoms with Crippen LogP contribution < -0.4 is 0 Å². The van der Waals surface area contributed by atoms with E-state index < -0.39 is 5.97 Å². The van der Waals surface area contributed by atoms with Crippen molar-refractivity contribution in [1.82, 2.24) is 19.9 Å². The van der Waals surface area contributed by atoms with Gasteiger partial charge in [-0.15, -0.1) is 17.5 Å². The molecule has 0 bridgehead atoms. The standard InChI is InChI=1S/C14H18N4O2.ClH/c1-11(17(2)9-8-14(19)20)13-10-18(16-15-13)12-6-4-3-5-7-12;/h3-7,10-11H,8-9H2,1-2H3,(H,19,20);1H. The van der Waals surface area contributed by atoms with Crippen LogP contribution in [0.5, 0.6) is 0 Å². The van der Waals surface area contributed by atoms with Gasteiger partial charge in [0.05, 0.1) is 30.0 Å². The van der Waals surface area contributed by atoms with Crippen LogP contribution in [0.25, 0.3) is 5.69 Å². The summed E-state index contributed by atoms with van der Waals surface area (Å²) in [6, 6.07) is 9.77. The maximum Gasteiger partial charge on any atom is 0.304 e. The number of para-hydroxylation sites is 1. The summed E-state index contributed by atoms with van der Waals surface area (Å²) in [5.41, 5.74) is 1.77. The number of aliphatic carboxylic acids is 1. The van der Waals surface area contributed by atoms with Crippen molar-refractivity contribution in [3.63, 3.8) is 0 Å². The molecule has 1 aromatic carbocycles. The summed E-state index contributed by atoms with van der Waals surface area (Å²) in [6.45, 7) is 2.47. The summed E-state index contributed by atoms with van der Waals surface area (Å²) >= 11 is 0. The van der Waals surface area contributed by atoms with Crippen molar-refractivity contribution in [3.8, 4) is 5.69 Å². The average molecular weight is 311 g/mol. The zero-order chi connectivity index (χ0) is 14.5. The van der Waals surface area contributed by atoms with Gasteiger partial charge in [-0.1, -0.05) is 23.4 Å². The summed E-state index contributed by atoms with van der Waals surface area (Å²) in [4.78, 5) is 12.5.